The van der Waals surface area contributed by atoms with E-state index in [-0.39, 0.29) is 11.7 Å². The highest BCUT2D eigenvalue weighted by molar-refractivity contribution is 6.07. The van der Waals surface area contributed by atoms with Gasteiger partial charge in [-0.25, -0.2) is 0 Å². The number of rotatable bonds is 2. The van der Waals surface area contributed by atoms with Crippen molar-refractivity contribution >= 4 is 28.2 Å². The molecule has 0 aliphatic rings. The van der Waals surface area contributed by atoms with Crippen molar-refractivity contribution in [1.82, 2.24) is 0 Å². The van der Waals surface area contributed by atoms with Crippen LogP contribution in [0.2, 0.25) is 0 Å². The van der Waals surface area contributed by atoms with Crippen LogP contribution in [0.5, 0.6) is 0 Å². The fourth-order valence-electron chi connectivity index (χ4n) is 1.82. The molecule has 0 spiro atoms. The van der Waals surface area contributed by atoms with Gasteiger partial charge in [-0.15, -0.1) is 0 Å². The molecule has 0 bridgehead atoms. The van der Waals surface area contributed by atoms with Crippen LogP contribution in [-0.4, -0.2) is 11.7 Å². The van der Waals surface area contributed by atoms with Gasteiger partial charge in [-0.05, 0) is 29.8 Å². The van der Waals surface area contributed by atoms with E-state index < -0.39 is 0 Å². The van der Waals surface area contributed by atoms with Crippen LogP contribution in [0.1, 0.15) is 24.2 Å². The Bertz CT molecular complexity index is 602. The standard InChI is InChI=1S/C14H13NO2/c1-9(16)13-7-11-5-3-4-6-12(11)8-14(13)15-10(2)17/h3-8H,1-2H3,(H,15,17). The lowest BCUT2D eigenvalue weighted by Crippen LogP contribution is -2.09. The van der Waals surface area contributed by atoms with Gasteiger partial charge in [-0.2, -0.15) is 0 Å². The van der Waals surface area contributed by atoms with E-state index in [2.05, 4.69) is 5.32 Å². The number of fused-ring (bicyclic) bond motifs is 1. The van der Waals surface area contributed by atoms with E-state index in [4.69, 9.17) is 0 Å². The molecule has 0 saturated heterocycles. The van der Waals surface area contributed by atoms with E-state index in [1.807, 2.05) is 36.4 Å². The highest BCUT2D eigenvalue weighted by Gasteiger charge is 2.09. The molecule has 0 aromatic heterocycles. The van der Waals surface area contributed by atoms with Crippen LogP contribution >= 0.6 is 0 Å². The maximum absolute atomic E-state index is 11.5. The van der Waals surface area contributed by atoms with Crippen LogP contribution in [0.4, 0.5) is 5.69 Å². The number of amides is 1. The van der Waals surface area contributed by atoms with Gasteiger partial charge < -0.3 is 5.32 Å². The molecule has 0 aliphatic heterocycles. The summed E-state index contributed by atoms with van der Waals surface area (Å²) in [7, 11) is 0. The number of carbonyl (C=O) groups excluding carboxylic acids is 2. The van der Waals surface area contributed by atoms with Crippen molar-refractivity contribution in [1.29, 1.82) is 0 Å². The predicted octanol–water partition coefficient (Wildman–Crippen LogP) is 3.00. The topological polar surface area (TPSA) is 46.2 Å². The van der Waals surface area contributed by atoms with Crippen LogP contribution in [0.25, 0.3) is 10.8 Å². The quantitative estimate of drug-likeness (QED) is 0.801. The Kier molecular flexibility index (Phi) is 2.91. The fourth-order valence-corrected chi connectivity index (χ4v) is 1.82. The minimum Gasteiger partial charge on any atom is -0.326 e. The summed E-state index contributed by atoms with van der Waals surface area (Å²) in [5, 5.41) is 4.68. The smallest absolute Gasteiger partial charge is 0.221 e. The van der Waals surface area contributed by atoms with Gasteiger partial charge in [0, 0.05) is 12.5 Å². The summed E-state index contributed by atoms with van der Waals surface area (Å²) < 4.78 is 0. The highest BCUT2D eigenvalue weighted by Crippen LogP contribution is 2.24. The van der Waals surface area contributed by atoms with Crippen molar-refractivity contribution in [3.05, 3.63) is 42.0 Å². The van der Waals surface area contributed by atoms with Gasteiger partial charge in [0.25, 0.3) is 0 Å². The van der Waals surface area contributed by atoms with Crippen molar-refractivity contribution in [2.75, 3.05) is 5.32 Å². The molecule has 0 atom stereocenters. The van der Waals surface area contributed by atoms with Gasteiger partial charge >= 0.3 is 0 Å². The van der Waals surface area contributed by atoms with E-state index in [1.54, 1.807) is 0 Å². The van der Waals surface area contributed by atoms with Crippen molar-refractivity contribution in [2.24, 2.45) is 0 Å². The van der Waals surface area contributed by atoms with Crippen LogP contribution in [0.15, 0.2) is 36.4 Å². The van der Waals surface area contributed by atoms with Crippen molar-refractivity contribution < 1.29 is 9.59 Å². The Balaban J connectivity index is 2.66. The largest absolute Gasteiger partial charge is 0.326 e. The summed E-state index contributed by atoms with van der Waals surface area (Å²) in [6.45, 7) is 2.93. The lowest BCUT2D eigenvalue weighted by Gasteiger charge is -2.09. The summed E-state index contributed by atoms with van der Waals surface area (Å²) in [6.07, 6.45) is 0. The summed E-state index contributed by atoms with van der Waals surface area (Å²) >= 11 is 0. The second-order valence-electron chi connectivity index (χ2n) is 3.98. The molecule has 0 unspecified atom stereocenters. The molecule has 1 amide bonds. The first-order valence-electron chi connectivity index (χ1n) is 5.39. The number of benzene rings is 2. The molecule has 0 fully saturated rings. The minimum absolute atomic E-state index is 0.0560. The Morgan fingerprint density at radius 2 is 1.59 bits per heavy atom. The zero-order valence-electron chi connectivity index (χ0n) is 9.78. The van der Waals surface area contributed by atoms with Gasteiger partial charge in [-0.3, -0.25) is 9.59 Å². The average Bonchev–Trinajstić information content (AvgIpc) is 2.27. The number of ketones is 1. The molecular weight excluding hydrogens is 214 g/mol. The lowest BCUT2D eigenvalue weighted by atomic mass is 10.0. The van der Waals surface area contributed by atoms with E-state index in [0.717, 1.165) is 10.8 Å². The summed E-state index contributed by atoms with van der Waals surface area (Å²) in [5.41, 5.74) is 1.11. The molecule has 1 N–H and O–H groups in total. The van der Waals surface area contributed by atoms with Crippen molar-refractivity contribution in [3.8, 4) is 0 Å². The molecule has 0 aliphatic carbocycles. The number of carbonyl (C=O) groups is 2. The molecule has 3 nitrogen and oxygen atoms in total. The first kappa shape index (κ1) is 11.3. The zero-order valence-corrected chi connectivity index (χ0v) is 9.78. The van der Waals surface area contributed by atoms with E-state index in [0.29, 0.717) is 11.3 Å². The lowest BCUT2D eigenvalue weighted by molar-refractivity contribution is -0.114. The van der Waals surface area contributed by atoms with Crippen molar-refractivity contribution in [3.63, 3.8) is 0 Å². The summed E-state index contributed by atoms with van der Waals surface area (Å²) in [5.74, 6) is -0.234. The van der Waals surface area contributed by atoms with Gasteiger partial charge in [0.2, 0.25) is 5.91 Å². The second kappa shape index (κ2) is 4.37. The number of anilines is 1. The van der Waals surface area contributed by atoms with Gasteiger partial charge in [0.1, 0.15) is 0 Å². The average molecular weight is 227 g/mol. The highest BCUT2D eigenvalue weighted by atomic mass is 16.1. The molecule has 2 aromatic rings. The Labute approximate surface area is 99.4 Å². The first-order valence-corrected chi connectivity index (χ1v) is 5.39. The molecule has 0 radical (unpaired) electrons. The molecule has 86 valence electrons. The fraction of sp³-hybridized carbons (Fsp3) is 0.143. The third-order valence-corrected chi connectivity index (χ3v) is 2.58. The van der Waals surface area contributed by atoms with Crippen LogP contribution < -0.4 is 5.32 Å². The second-order valence-corrected chi connectivity index (χ2v) is 3.98. The molecule has 0 saturated carbocycles. The molecule has 2 rings (SSSR count). The summed E-state index contributed by atoms with van der Waals surface area (Å²) in [6, 6.07) is 11.4. The Hall–Kier alpha value is -2.16. The number of Topliss-reactive ketones (excluding diaryl/α,β-unsaturated/α-hetero) is 1. The maximum atomic E-state index is 11.5. The predicted molar refractivity (Wildman–Crippen MR) is 68.3 cm³/mol. The van der Waals surface area contributed by atoms with E-state index in [9.17, 15) is 9.59 Å². The van der Waals surface area contributed by atoms with Gasteiger partial charge in [-0.1, -0.05) is 24.3 Å². The molecule has 17 heavy (non-hydrogen) atoms. The van der Waals surface area contributed by atoms with Crippen LogP contribution in [-0.2, 0) is 4.79 Å². The normalized spacial score (nSPS) is 10.2. The van der Waals surface area contributed by atoms with Crippen LogP contribution in [0, 0.1) is 0 Å². The van der Waals surface area contributed by atoms with Gasteiger partial charge in [0.05, 0.1) is 5.69 Å². The summed E-state index contributed by atoms with van der Waals surface area (Å²) in [4.78, 5) is 22.6. The third kappa shape index (κ3) is 2.33. The van der Waals surface area contributed by atoms with Crippen LogP contribution in [0.3, 0.4) is 0 Å². The third-order valence-electron chi connectivity index (χ3n) is 2.58. The molecule has 0 heterocycles. The monoisotopic (exact) mass is 227 g/mol. The maximum Gasteiger partial charge on any atom is 0.221 e. The molecule has 2 aromatic carbocycles. The molecule has 3 heteroatoms. The minimum atomic E-state index is -0.178. The Morgan fingerprint density at radius 1 is 1.00 bits per heavy atom. The first-order chi connectivity index (χ1) is 8.08. The molecular formula is C14H13NO2. The zero-order chi connectivity index (χ0) is 12.4. The van der Waals surface area contributed by atoms with Gasteiger partial charge in [0.15, 0.2) is 5.78 Å². The number of hydrogen-bond acceptors (Lipinski definition) is 2. The number of nitrogens with one attached hydrogen (secondary N) is 1. The van der Waals surface area contributed by atoms with Crippen molar-refractivity contribution in [2.45, 2.75) is 13.8 Å². The number of hydrogen-bond donors (Lipinski definition) is 1. The Morgan fingerprint density at radius 3 is 2.12 bits per heavy atom. The van der Waals surface area contributed by atoms with E-state index in [1.165, 1.54) is 13.8 Å². The van der Waals surface area contributed by atoms with E-state index >= 15 is 0 Å². The SMILES string of the molecule is CC(=O)Nc1cc2ccccc2cc1C(C)=O.